The summed E-state index contributed by atoms with van der Waals surface area (Å²) in [5.74, 6) is 0.582. The molecule has 2 unspecified atom stereocenters. The van der Waals surface area contributed by atoms with Gasteiger partial charge in [0, 0.05) is 11.0 Å². The first-order valence-corrected chi connectivity index (χ1v) is 6.24. The summed E-state index contributed by atoms with van der Waals surface area (Å²) in [6.07, 6.45) is 0. The minimum absolute atomic E-state index is 0.0760. The molecule has 0 saturated carbocycles. The largest absolute Gasteiger partial charge is 0.325 e. The summed E-state index contributed by atoms with van der Waals surface area (Å²) in [7, 11) is 0. The van der Waals surface area contributed by atoms with Crippen molar-refractivity contribution >= 4 is 27.5 Å². The van der Waals surface area contributed by atoms with Crippen molar-refractivity contribution in [3.8, 4) is 0 Å². The number of hydrogen-bond acceptors (Lipinski definition) is 2. The fraction of sp³-hybridized carbons (Fsp3) is 0.417. The van der Waals surface area contributed by atoms with Gasteiger partial charge in [-0.25, -0.2) is 0 Å². The lowest BCUT2D eigenvalue weighted by Gasteiger charge is -2.14. The zero-order valence-corrected chi connectivity index (χ0v) is 10.8. The van der Waals surface area contributed by atoms with E-state index in [1.807, 2.05) is 24.3 Å². The number of rotatable bonds is 2. The number of nitrogens with one attached hydrogen (secondary N) is 2. The highest BCUT2D eigenvalue weighted by Crippen LogP contribution is 2.24. The quantitative estimate of drug-likeness (QED) is 0.874. The molecular formula is C12H15BrN2O. The monoisotopic (exact) mass is 282 g/mol. The minimum Gasteiger partial charge on any atom is -0.325 e. The van der Waals surface area contributed by atoms with Crippen LogP contribution in [0.15, 0.2) is 28.7 Å². The smallest absolute Gasteiger partial charge is 0.229 e. The maximum absolute atomic E-state index is 12.0. The molecule has 0 radical (unpaired) electrons. The first-order chi connectivity index (χ1) is 7.68. The molecule has 0 aliphatic carbocycles. The lowest BCUT2D eigenvalue weighted by atomic mass is 9.97. The van der Waals surface area contributed by atoms with E-state index in [1.165, 1.54) is 0 Å². The van der Waals surface area contributed by atoms with Crippen LogP contribution >= 0.6 is 15.9 Å². The van der Waals surface area contributed by atoms with Gasteiger partial charge in [0.05, 0.1) is 11.6 Å². The third-order valence-electron chi connectivity index (χ3n) is 2.99. The molecule has 1 amide bonds. The molecule has 1 fully saturated rings. The van der Waals surface area contributed by atoms with Gasteiger partial charge >= 0.3 is 0 Å². The van der Waals surface area contributed by atoms with Gasteiger partial charge < -0.3 is 10.6 Å². The number of anilines is 1. The third kappa shape index (κ3) is 2.44. The lowest BCUT2D eigenvalue weighted by Crippen LogP contribution is -2.27. The topological polar surface area (TPSA) is 41.1 Å². The van der Waals surface area contributed by atoms with E-state index in [2.05, 4.69) is 33.5 Å². The average molecular weight is 283 g/mol. The van der Waals surface area contributed by atoms with Crippen LogP contribution in [0.3, 0.4) is 0 Å². The second-order valence-corrected chi connectivity index (χ2v) is 5.07. The van der Waals surface area contributed by atoms with Crippen LogP contribution in [0.5, 0.6) is 0 Å². The molecule has 1 aromatic carbocycles. The molecule has 3 nitrogen and oxygen atoms in total. The van der Waals surface area contributed by atoms with E-state index in [0.29, 0.717) is 5.92 Å². The average Bonchev–Trinajstić information content (AvgIpc) is 2.68. The van der Waals surface area contributed by atoms with Crippen LogP contribution in [0.1, 0.15) is 6.92 Å². The summed E-state index contributed by atoms with van der Waals surface area (Å²) < 4.78 is 0.918. The number of amides is 1. The van der Waals surface area contributed by atoms with E-state index < -0.39 is 0 Å². The molecule has 86 valence electrons. The molecule has 16 heavy (non-hydrogen) atoms. The molecule has 1 aliphatic heterocycles. The molecular weight excluding hydrogens is 268 g/mol. The lowest BCUT2D eigenvalue weighted by molar-refractivity contribution is -0.120. The molecule has 2 atom stereocenters. The van der Waals surface area contributed by atoms with Crippen molar-refractivity contribution in [2.24, 2.45) is 11.8 Å². The van der Waals surface area contributed by atoms with Crippen LogP contribution in [0.2, 0.25) is 0 Å². The Kier molecular flexibility index (Phi) is 3.61. The first kappa shape index (κ1) is 11.6. The minimum atomic E-state index is 0.0760. The Labute approximate surface area is 104 Å². The number of carbonyl (C=O) groups is 1. The molecule has 1 aliphatic rings. The van der Waals surface area contributed by atoms with E-state index >= 15 is 0 Å². The number of carbonyl (C=O) groups excluding carboxylic acids is 1. The number of hydrogen-bond donors (Lipinski definition) is 2. The Bertz CT molecular complexity index is 394. The van der Waals surface area contributed by atoms with Crippen LogP contribution in [-0.4, -0.2) is 19.0 Å². The number of halogens is 1. The predicted octanol–water partition coefficient (Wildman–Crippen LogP) is 2.24. The van der Waals surface area contributed by atoms with Crippen molar-refractivity contribution in [3.63, 3.8) is 0 Å². The van der Waals surface area contributed by atoms with E-state index in [1.54, 1.807) is 0 Å². The fourth-order valence-electron chi connectivity index (χ4n) is 1.95. The maximum Gasteiger partial charge on any atom is 0.229 e. The number of para-hydroxylation sites is 1. The van der Waals surface area contributed by atoms with Crippen LogP contribution in [0.4, 0.5) is 5.69 Å². The third-order valence-corrected chi connectivity index (χ3v) is 3.68. The van der Waals surface area contributed by atoms with E-state index in [4.69, 9.17) is 0 Å². The summed E-state index contributed by atoms with van der Waals surface area (Å²) in [6.45, 7) is 3.80. The summed E-state index contributed by atoms with van der Waals surface area (Å²) >= 11 is 3.42. The van der Waals surface area contributed by atoms with Crippen molar-refractivity contribution in [2.75, 3.05) is 18.4 Å². The van der Waals surface area contributed by atoms with Gasteiger partial charge in [0.25, 0.3) is 0 Å². The molecule has 0 aromatic heterocycles. The normalized spacial score (nSPS) is 24.4. The SMILES string of the molecule is CC1CNCC1C(=O)Nc1ccccc1Br. The zero-order chi connectivity index (χ0) is 11.5. The molecule has 2 rings (SSSR count). The fourth-order valence-corrected chi connectivity index (χ4v) is 2.33. The van der Waals surface area contributed by atoms with Crippen LogP contribution in [-0.2, 0) is 4.79 Å². The standard InChI is InChI=1S/C12H15BrN2O/c1-8-6-14-7-9(8)12(16)15-11-5-3-2-4-10(11)13/h2-5,8-9,14H,6-7H2,1H3,(H,15,16). The highest BCUT2D eigenvalue weighted by atomic mass is 79.9. The molecule has 1 heterocycles. The second kappa shape index (κ2) is 4.97. The van der Waals surface area contributed by atoms with Gasteiger partial charge in [-0.05, 0) is 40.5 Å². The van der Waals surface area contributed by atoms with Crippen LogP contribution in [0.25, 0.3) is 0 Å². The molecule has 1 aromatic rings. The molecule has 0 spiro atoms. The summed E-state index contributed by atoms with van der Waals surface area (Å²) in [6, 6.07) is 7.66. The van der Waals surface area contributed by atoms with Gasteiger partial charge in [-0.2, -0.15) is 0 Å². The molecule has 4 heteroatoms. The zero-order valence-electron chi connectivity index (χ0n) is 9.16. The van der Waals surface area contributed by atoms with Gasteiger partial charge in [-0.15, -0.1) is 0 Å². The van der Waals surface area contributed by atoms with Crippen LogP contribution < -0.4 is 10.6 Å². The van der Waals surface area contributed by atoms with Gasteiger partial charge in [0.2, 0.25) is 5.91 Å². The van der Waals surface area contributed by atoms with Gasteiger partial charge in [-0.1, -0.05) is 19.1 Å². The Morgan fingerprint density at radius 1 is 1.44 bits per heavy atom. The van der Waals surface area contributed by atoms with Crippen molar-refractivity contribution in [3.05, 3.63) is 28.7 Å². The molecule has 0 bridgehead atoms. The second-order valence-electron chi connectivity index (χ2n) is 4.21. The van der Waals surface area contributed by atoms with Gasteiger partial charge in [-0.3, -0.25) is 4.79 Å². The highest BCUT2D eigenvalue weighted by Gasteiger charge is 2.29. The number of benzene rings is 1. The van der Waals surface area contributed by atoms with Crippen molar-refractivity contribution in [1.82, 2.24) is 5.32 Å². The van der Waals surface area contributed by atoms with Gasteiger partial charge in [0.15, 0.2) is 0 Å². The maximum atomic E-state index is 12.0. The predicted molar refractivity (Wildman–Crippen MR) is 68.3 cm³/mol. The van der Waals surface area contributed by atoms with Crippen molar-refractivity contribution < 1.29 is 4.79 Å². The van der Waals surface area contributed by atoms with E-state index in [-0.39, 0.29) is 11.8 Å². The summed E-state index contributed by atoms with van der Waals surface area (Å²) in [4.78, 5) is 12.0. The highest BCUT2D eigenvalue weighted by molar-refractivity contribution is 9.10. The molecule has 2 N–H and O–H groups in total. The first-order valence-electron chi connectivity index (χ1n) is 5.44. The van der Waals surface area contributed by atoms with Crippen molar-refractivity contribution in [1.29, 1.82) is 0 Å². The Balaban J connectivity index is 2.05. The Morgan fingerprint density at radius 3 is 2.81 bits per heavy atom. The summed E-state index contributed by atoms with van der Waals surface area (Å²) in [5.41, 5.74) is 0.839. The van der Waals surface area contributed by atoms with E-state index in [0.717, 1.165) is 23.2 Å². The summed E-state index contributed by atoms with van der Waals surface area (Å²) in [5, 5.41) is 6.19. The molecule has 1 saturated heterocycles. The van der Waals surface area contributed by atoms with Crippen LogP contribution in [0, 0.1) is 11.8 Å². The Hall–Kier alpha value is -0.870. The Morgan fingerprint density at radius 2 is 2.19 bits per heavy atom. The van der Waals surface area contributed by atoms with Crippen molar-refractivity contribution in [2.45, 2.75) is 6.92 Å². The van der Waals surface area contributed by atoms with E-state index in [9.17, 15) is 4.79 Å². The van der Waals surface area contributed by atoms with Gasteiger partial charge in [0.1, 0.15) is 0 Å².